The first-order valence-electron chi connectivity index (χ1n) is 9.04. The lowest BCUT2D eigenvalue weighted by molar-refractivity contribution is -0.149. The number of ether oxygens (including phenoxy) is 2. The van der Waals surface area contributed by atoms with Crippen molar-refractivity contribution in [1.29, 1.82) is 0 Å². The molecule has 4 rings (SSSR count). The number of benzene rings is 2. The van der Waals surface area contributed by atoms with Crippen LogP contribution in [0.25, 0.3) is 5.69 Å². The molecule has 2 heterocycles. The van der Waals surface area contributed by atoms with Gasteiger partial charge in [-0.25, -0.2) is 4.68 Å². The zero-order chi connectivity index (χ0) is 20.4. The van der Waals surface area contributed by atoms with Gasteiger partial charge in [-0.05, 0) is 31.2 Å². The number of fused-ring (bicyclic) bond motifs is 1. The molecular weight excluding hydrogens is 394 g/mol. The molecule has 0 spiro atoms. The van der Waals surface area contributed by atoms with Gasteiger partial charge in [0.2, 0.25) is 0 Å². The average molecular weight is 412 g/mol. The van der Waals surface area contributed by atoms with Crippen LogP contribution in [-0.2, 0) is 20.9 Å². The number of hydrogen-bond donors (Lipinski definition) is 1. The van der Waals surface area contributed by atoms with E-state index in [0.29, 0.717) is 27.8 Å². The minimum Gasteiger partial charge on any atom is -0.478 e. The van der Waals surface area contributed by atoms with Crippen molar-refractivity contribution in [3.8, 4) is 11.4 Å². The summed E-state index contributed by atoms with van der Waals surface area (Å²) in [6.45, 7) is 1.75. The summed E-state index contributed by atoms with van der Waals surface area (Å²) in [6, 6.07) is 16.5. The normalized spacial score (nSPS) is 15.2. The molecule has 1 unspecified atom stereocenters. The molecular formula is C21H18ClN3O4. The van der Waals surface area contributed by atoms with Crippen LogP contribution in [-0.4, -0.2) is 27.8 Å². The minimum atomic E-state index is -0.944. The fourth-order valence-electron chi connectivity index (χ4n) is 3.03. The van der Waals surface area contributed by atoms with Crippen LogP contribution < -0.4 is 10.1 Å². The third-order valence-electron chi connectivity index (χ3n) is 4.56. The van der Waals surface area contributed by atoms with Crippen LogP contribution in [0.4, 0.5) is 5.69 Å². The number of esters is 1. The van der Waals surface area contributed by atoms with E-state index in [1.165, 1.54) is 0 Å². The zero-order valence-electron chi connectivity index (χ0n) is 15.6. The molecule has 29 heavy (non-hydrogen) atoms. The molecule has 0 radical (unpaired) electrons. The number of aryl methyl sites for hydroxylation is 1. The van der Waals surface area contributed by atoms with Gasteiger partial charge in [-0.3, -0.25) is 9.59 Å². The highest BCUT2D eigenvalue weighted by Crippen LogP contribution is 2.30. The predicted molar refractivity (Wildman–Crippen MR) is 107 cm³/mol. The smallest absolute Gasteiger partial charge is 0.310 e. The Hall–Kier alpha value is -3.32. The molecule has 8 heteroatoms. The van der Waals surface area contributed by atoms with Gasteiger partial charge in [0.1, 0.15) is 17.5 Å². The molecule has 7 nitrogen and oxygen atoms in total. The van der Waals surface area contributed by atoms with E-state index >= 15 is 0 Å². The molecule has 0 saturated heterocycles. The average Bonchev–Trinajstić information content (AvgIpc) is 3.01. The summed E-state index contributed by atoms with van der Waals surface area (Å²) in [5.41, 5.74) is 2.66. The molecule has 1 N–H and O–H groups in total. The van der Waals surface area contributed by atoms with E-state index in [4.69, 9.17) is 21.1 Å². The second-order valence-electron chi connectivity index (χ2n) is 6.56. The number of anilines is 1. The highest BCUT2D eigenvalue weighted by Gasteiger charge is 2.30. The number of nitrogens with zero attached hydrogens (tertiary/aromatic N) is 2. The number of rotatable bonds is 5. The van der Waals surface area contributed by atoms with E-state index in [2.05, 4.69) is 10.4 Å². The predicted octanol–water partition coefficient (Wildman–Crippen LogP) is 3.67. The Bertz CT molecular complexity index is 1070. The molecule has 1 aliphatic heterocycles. The Kier molecular flexibility index (Phi) is 5.22. The molecule has 3 aromatic rings. The topological polar surface area (TPSA) is 82.5 Å². The van der Waals surface area contributed by atoms with E-state index in [-0.39, 0.29) is 18.9 Å². The van der Waals surface area contributed by atoms with Crippen molar-refractivity contribution in [2.45, 2.75) is 26.1 Å². The second kappa shape index (κ2) is 7.97. The molecule has 2 aromatic carbocycles. The van der Waals surface area contributed by atoms with Crippen LogP contribution in [0, 0.1) is 6.92 Å². The summed E-state index contributed by atoms with van der Waals surface area (Å²) in [5.74, 6) is -0.424. The van der Waals surface area contributed by atoms with Crippen molar-refractivity contribution < 1.29 is 19.1 Å². The fraction of sp³-hybridized carbons (Fsp3) is 0.190. The summed E-state index contributed by atoms with van der Waals surface area (Å²) in [7, 11) is 0. The van der Waals surface area contributed by atoms with Gasteiger partial charge in [0.15, 0.2) is 6.10 Å². The number of carbonyl (C=O) groups is 2. The first-order chi connectivity index (χ1) is 14.0. The Labute approximate surface area is 172 Å². The van der Waals surface area contributed by atoms with Crippen molar-refractivity contribution in [2.75, 3.05) is 5.32 Å². The number of amides is 1. The van der Waals surface area contributed by atoms with E-state index < -0.39 is 12.1 Å². The number of hydrogen-bond acceptors (Lipinski definition) is 5. The number of aromatic nitrogens is 2. The monoisotopic (exact) mass is 411 g/mol. The lowest BCUT2D eigenvalue weighted by Gasteiger charge is -2.25. The van der Waals surface area contributed by atoms with Gasteiger partial charge in [-0.15, -0.1) is 0 Å². The van der Waals surface area contributed by atoms with E-state index in [1.54, 1.807) is 35.9 Å². The van der Waals surface area contributed by atoms with Crippen LogP contribution in [0.15, 0.2) is 54.6 Å². The molecule has 0 fully saturated rings. The molecule has 1 aromatic heterocycles. The Balaban J connectivity index is 1.41. The van der Waals surface area contributed by atoms with Gasteiger partial charge in [-0.1, -0.05) is 41.9 Å². The Morgan fingerprint density at radius 2 is 1.93 bits per heavy atom. The van der Waals surface area contributed by atoms with E-state index in [0.717, 1.165) is 5.69 Å². The summed E-state index contributed by atoms with van der Waals surface area (Å²) in [4.78, 5) is 24.4. The lowest BCUT2D eigenvalue weighted by Crippen LogP contribution is -2.38. The first-order valence-corrected chi connectivity index (χ1v) is 9.42. The number of nitrogens with one attached hydrogen (secondary N) is 1. The van der Waals surface area contributed by atoms with Crippen LogP contribution in [0.3, 0.4) is 0 Å². The third kappa shape index (κ3) is 3.95. The van der Waals surface area contributed by atoms with Crippen molar-refractivity contribution in [3.05, 3.63) is 71.0 Å². The molecule has 0 bridgehead atoms. The molecule has 1 aliphatic rings. The molecule has 0 saturated carbocycles. The Morgan fingerprint density at radius 1 is 1.21 bits per heavy atom. The zero-order valence-corrected chi connectivity index (χ0v) is 16.3. The highest BCUT2D eigenvalue weighted by atomic mass is 35.5. The fourth-order valence-corrected chi connectivity index (χ4v) is 3.35. The summed E-state index contributed by atoms with van der Waals surface area (Å²) in [5, 5.41) is 7.52. The van der Waals surface area contributed by atoms with Gasteiger partial charge in [0.05, 0.1) is 23.5 Å². The number of carbonyl (C=O) groups excluding carboxylic acids is 2. The second-order valence-corrected chi connectivity index (χ2v) is 6.92. The quantitative estimate of drug-likeness (QED) is 0.648. The lowest BCUT2D eigenvalue weighted by atomic mass is 10.1. The number of para-hydroxylation sites is 3. The largest absolute Gasteiger partial charge is 0.478 e. The van der Waals surface area contributed by atoms with Crippen molar-refractivity contribution in [1.82, 2.24) is 9.78 Å². The van der Waals surface area contributed by atoms with Crippen LogP contribution >= 0.6 is 11.6 Å². The summed E-state index contributed by atoms with van der Waals surface area (Å²) < 4.78 is 12.6. The third-order valence-corrected chi connectivity index (χ3v) is 4.95. The van der Waals surface area contributed by atoms with Crippen LogP contribution in [0.5, 0.6) is 5.75 Å². The van der Waals surface area contributed by atoms with Gasteiger partial charge in [0.25, 0.3) is 5.91 Å². The molecule has 148 valence electrons. The van der Waals surface area contributed by atoms with E-state index in [1.807, 2.05) is 30.3 Å². The summed E-state index contributed by atoms with van der Waals surface area (Å²) in [6.07, 6.45) is -1.15. The maximum atomic E-state index is 12.3. The standard InChI is InChI=1S/C21H18ClN3O4/c1-13-15(20(22)25(24-13)14-7-3-2-4-8-14)12-28-19(26)11-18-21(27)23-16-9-5-6-10-17(16)29-18/h2-10,18H,11-12H2,1H3,(H,23,27). The summed E-state index contributed by atoms with van der Waals surface area (Å²) >= 11 is 6.44. The van der Waals surface area contributed by atoms with Gasteiger partial charge < -0.3 is 14.8 Å². The molecule has 0 aliphatic carbocycles. The molecule has 1 amide bonds. The van der Waals surface area contributed by atoms with Gasteiger partial charge in [-0.2, -0.15) is 5.10 Å². The maximum absolute atomic E-state index is 12.3. The maximum Gasteiger partial charge on any atom is 0.310 e. The van der Waals surface area contributed by atoms with Gasteiger partial charge in [0, 0.05) is 5.56 Å². The first kappa shape index (κ1) is 19.0. The Morgan fingerprint density at radius 3 is 2.72 bits per heavy atom. The van der Waals surface area contributed by atoms with Gasteiger partial charge >= 0.3 is 5.97 Å². The van der Waals surface area contributed by atoms with Crippen molar-refractivity contribution in [2.24, 2.45) is 0 Å². The van der Waals surface area contributed by atoms with Crippen molar-refractivity contribution in [3.63, 3.8) is 0 Å². The van der Waals surface area contributed by atoms with Crippen LogP contribution in [0.2, 0.25) is 5.15 Å². The molecule has 1 atom stereocenters. The van der Waals surface area contributed by atoms with E-state index in [9.17, 15) is 9.59 Å². The minimum absolute atomic E-state index is 0.0404. The number of halogens is 1. The highest BCUT2D eigenvalue weighted by molar-refractivity contribution is 6.30. The van der Waals surface area contributed by atoms with Crippen LogP contribution in [0.1, 0.15) is 17.7 Å². The SMILES string of the molecule is Cc1nn(-c2ccccc2)c(Cl)c1COC(=O)CC1Oc2ccccc2NC1=O. The van der Waals surface area contributed by atoms with Crippen molar-refractivity contribution >= 4 is 29.2 Å².